The summed E-state index contributed by atoms with van der Waals surface area (Å²) in [5, 5.41) is 10.3. The lowest BCUT2D eigenvalue weighted by atomic mass is 9.96. The average Bonchev–Trinajstić information content (AvgIpc) is 2.57. The van der Waals surface area contributed by atoms with Gasteiger partial charge < -0.3 is 5.11 Å². The molecule has 0 amide bonds. The van der Waals surface area contributed by atoms with E-state index in [0.29, 0.717) is 0 Å². The zero-order chi connectivity index (χ0) is 11.4. The van der Waals surface area contributed by atoms with Gasteiger partial charge in [-0.3, -0.25) is 4.98 Å². The molecule has 0 spiro atoms. The predicted octanol–water partition coefficient (Wildman–Crippen LogP) is 3.31. The molecule has 2 heteroatoms. The minimum absolute atomic E-state index is 0.452. The van der Waals surface area contributed by atoms with Crippen LogP contribution in [0.4, 0.5) is 0 Å². The zero-order valence-corrected chi connectivity index (χ0v) is 9.82. The number of aryl methyl sites for hydroxylation is 1. The summed E-state index contributed by atoms with van der Waals surface area (Å²) in [4.78, 5) is 4.10. The molecule has 1 aromatic rings. The second-order valence-electron chi connectivity index (χ2n) is 4.51. The van der Waals surface area contributed by atoms with Gasteiger partial charge in [0, 0.05) is 18.0 Å². The normalized spacial score (nSPS) is 18.8. The van der Waals surface area contributed by atoms with Crippen LogP contribution >= 0.6 is 0 Å². The predicted molar refractivity (Wildman–Crippen MR) is 65.1 cm³/mol. The molecular formula is C14H19NO. The van der Waals surface area contributed by atoms with Gasteiger partial charge in [0.25, 0.3) is 0 Å². The lowest BCUT2D eigenvalue weighted by Gasteiger charge is -2.16. The van der Waals surface area contributed by atoms with Gasteiger partial charge in [-0.15, -0.1) is 0 Å². The molecule has 1 unspecified atom stereocenters. The number of rotatable bonds is 2. The second kappa shape index (κ2) is 5.26. The van der Waals surface area contributed by atoms with Crippen molar-refractivity contribution in [3.8, 4) is 0 Å². The number of allylic oxidation sites excluding steroid dienone is 1. The van der Waals surface area contributed by atoms with E-state index in [9.17, 15) is 5.11 Å². The van der Waals surface area contributed by atoms with E-state index >= 15 is 0 Å². The van der Waals surface area contributed by atoms with Crippen molar-refractivity contribution in [1.29, 1.82) is 0 Å². The van der Waals surface area contributed by atoms with Crippen molar-refractivity contribution >= 4 is 0 Å². The lowest BCUT2D eigenvalue weighted by Crippen LogP contribution is -2.04. The van der Waals surface area contributed by atoms with Crippen LogP contribution in [0.1, 0.15) is 49.3 Å². The summed E-state index contributed by atoms with van der Waals surface area (Å²) in [5.41, 5.74) is 3.25. The summed E-state index contributed by atoms with van der Waals surface area (Å²) >= 11 is 0. The van der Waals surface area contributed by atoms with Crippen LogP contribution in [0, 0.1) is 6.92 Å². The Bertz CT molecular complexity index is 384. The number of aliphatic hydroxyl groups is 1. The summed E-state index contributed by atoms with van der Waals surface area (Å²) in [7, 11) is 0. The van der Waals surface area contributed by atoms with Crippen LogP contribution in [-0.2, 0) is 0 Å². The monoisotopic (exact) mass is 217 g/mol. The van der Waals surface area contributed by atoms with Gasteiger partial charge in [0.05, 0.1) is 0 Å². The van der Waals surface area contributed by atoms with Crippen molar-refractivity contribution in [2.45, 2.75) is 45.1 Å². The molecule has 2 rings (SSSR count). The molecule has 0 bridgehead atoms. The van der Waals surface area contributed by atoms with Gasteiger partial charge in [0.1, 0.15) is 6.10 Å². The Morgan fingerprint density at radius 2 is 2.19 bits per heavy atom. The van der Waals surface area contributed by atoms with E-state index in [0.717, 1.165) is 24.0 Å². The summed E-state index contributed by atoms with van der Waals surface area (Å²) in [6.45, 7) is 2.03. The van der Waals surface area contributed by atoms with E-state index in [-0.39, 0.29) is 0 Å². The highest BCUT2D eigenvalue weighted by Crippen LogP contribution is 2.30. The van der Waals surface area contributed by atoms with Crippen molar-refractivity contribution in [3.63, 3.8) is 0 Å². The third kappa shape index (κ3) is 2.50. The summed E-state index contributed by atoms with van der Waals surface area (Å²) in [5.74, 6) is 0. The van der Waals surface area contributed by atoms with Crippen LogP contribution < -0.4 is 0 Å². The standard InChI is InChI=1S/C14H19NO/c1-11-8-9-15-10-13(11)14(16)12-6-4-2-3-5-7-12/h6,8-10,14,16H,2-5,7H2,1H3. The van der Waals surface area contributed by atoms with Crippen LogP contribution in [0.5, 0.6) is 0 Å². The number of aliphatic hydroxyl groups excluding tert-OH is 1. The third-order valence-corrected chi connectivity index (χ3v) is 3.30. The first-order chi connectivity index (χ1) is 7.79. The topological polar surface area (TPSA) is 33.1 Å². The number of hydrogen-bond donors (Lipinski definition) is 1. The summed E-state index contributed by atoms with van der Waals surface area (Å²) in [6, 6.07) is 1.95. The van der Waals surface area contributed by atoms with Crippen molar-refractivity contribution in [2.24, 2.45) is 0 Å². The Hall–Kier alpha value is -1.15. The van der Waals surface area contributed by atoms with Crippen molar-refractivity contribution < 1.29 is 5.11 Å². The van der Waals surface area contributed by atoms with E-state index in [2.05, 4.69) is 11.1 Å². The Morgan fingerprint density at radius 1 is 1.31 bits per heavy atom. The maximum absolute atomic E-state index is 10.3. The maximum atomic E-state index is 10.3. The smallest absolute Gasteiger partial charge is 0.102 e. The van der Waals surface area contributed by atoms with Crippen molar-refractivity contribution in [2.75, 3.05) is 0 Å². The molecule has 0 saturated heterocycles. The van der Waals surface area contributed by atoms with Crippen molar-refractivity contribution in [3.05, 3.63) is 41.2 Å². The quantitative estimate of drug-likeness (QED) is 0.771. The van der Waals surface area contributed by atoms with Gasteiger partial charge in [-0.2, -0.15) is 0 Å². The Kier molecular flexibility index (Phi) is 3.73. The SMILES string of the molecule is Cc1ccncc1C(O)C1=CCCCCC1. The molecule has 0 saturated carbocycles. The first kappa shape index (κ1) is 11.3. The van der Waals surface area contributed by atoms with E-state index in [1.54, 1.807) is 12.4 Å². The molecule has 1 heterocycles. The van der Waals surface area contributed by atoms with Gasteiger partial charge >= 0.3 is 0 Å². The number of hydrogen-bond acceptors (Lipinski definition) is 2. The fourth-order valence-corrected chi connectivity index (χ4v) is 2.25. The lowest BCUT2D eigenvalue weighted by molar-refractivity contribution is 0.209. The Morgan fingerprint density at radius 3 is 3.00 bits per heavy atom. The van der Waals surface area contributed by atoms with E-state index in [1.807, 2.05) is 13.0 Å². The Labute approximate surface area is 97.0 Å². The molecule has 86 valence electrons. The Balaban J connectivity index is 2.21. The third-order valence-electron chi connectivity index (χ3n) is 3.30. The highest BCUT2D eigenvalue weighted by molar-refractivity contribution is 5.30. The highest BCUT2D eigenvalue weighted by atomic mass is 16.3. The van der Waals surface area contributed by atoms with Gasteiger partial charge in [-0.1, -0.05) is 12.5 Å². The van der Waals surface area contributed by atoms with E-state index in [4.69, 9.17) is 0 Å². The molecule has 2 nitrogen and oxygen atoms in total. The first-order valence-corrected chi connectivity index (χ1v) is 6.06. The molecule has 0 radical (unpaired) electrons. The molecule has 1 aromatic heterocycles. The van der Waals surface area contributed by atoms with E-state index < -0.39 is 6.10 Å². The average molecular weight is 217 g/mol. The molecule has 1 aliphatic rings. The van der Waals surface area contributed by atoms with Gasteiger partial charge in [0.15, 0.2) is 0 Å². The summed E-state index contributed by atoms with van der Waals surface area (Å²) in [6.07, 6.45) is 11.2. The molecule has 16 heavy (non-hydrogen) atoms. The van der Waals surface area contributed by atoms with Crippen LogP contribution in [0.15, 0.2) is 30.1 Å². The molecule has 1 atom stereocenters. The van der Waals surface area contributed by atoms with Crippen LogP contribution in [-0.4, -0.2) is 10.1 Å². The molecular weight excluding hydrogens is 198 g/mol. The molecule has 0 aromatic carbocycles. The maximum Gasteiger partial charge on any atom is 0.102 e. The fraction of sp³-hybridized carbons (Fsp3) is 0.500. The summed E-state index contributed by atoms with van der Waals surface area (Å²) < 4.78 is 0. The number of nitrogens with zero attached hydrogens (tertiary/aromatic N) is 1. The van der Waals surface area contributed by atoms with Crippen LogP contribution in [0.25, 0.3) is 0 Å². The van der Waals surface area contributed by atoms with Crippen molar-refractivity contribution in [1.82, 2.24) is 4.98 Å². The van der Waals surface area contributed by atoms with Gasteiger partial charge in [-0.25, -0.2) is 0 Å². The second-order valence-corrected chi connectivity index (χ2v) is 4.51. The van der Waals surface area contributed by atoms with E-state index in [1.165, 1.54) is 24.8 Å². The molecule has 0 aliphatic heterocycles. The molecule has 0 fully saturated rings. The largest absolute Gasteiger partial charge is 0.384 e. The molecule has 1 N–H and O–H groups in total. The minimum Gasteiger partial charge on any atom is -0.384 e. The number of pyridine rings is 1. The first-order valence-electron chi connectivity index (χ1n) is 6.06. The zero-order valence-electron chi connectivity index (χ0n) is 9.82. The van der Waals surface area contributed by atoms with Gasteiger partial charge in [0.2, 0.25) is 0 Å². The minimum atomic E-state index is -0.452. The highest BCUT2D eigenvalue weighted by Gasteiger charge is 2.16. The number of aromatic nitrogens is 1. The van der Waals surface area contributed by atoms with Crippen LogP contribution in [0.3, 0.4) is 0 Å². The van der Waals surface area contributed by atoms with Gasteiger partial charge in [-0.05, 0) is 49.8 Å². The van der Waals surface area contributed by atoms with Crippen LogP contribution in [0.2, 0.25) is 0 Å². The molecule has 1 aliphatic carbocycles. The fourth-order valence-electron chi connectivity index (χ4n) is 2.25.